The number of aromatic hydroxyl groups is 1. The number of carbonyl (C=O) groups is 3. The first kappa shape index (κ1) is 26.4. The number of hydrogen-bond donors (Lipinski definition) is 4. The Morgan fingerprint density at radius 1 is 0.861 bits per heavy atom. The molecule has 3 aromatic rings. The Bertz CT molecular complexity index is 1170. The van der Waals surface area contributed by atoms with Gasteiger partial charge in [-0.2, -0.15) is 0 Å². The number of amides is 3. The number of phenols is 1. The highest BCUT2D eigenvalue weighted by Crippen LogP contribution is 2.29. The van der Waals surface area contributed by atoms with Gasteiger partial charge >= 0.3 is 0 Å². The van der Waals surface area contributed by atoms with E-state index in [1.165, 1.54) is 11.0 Å². The van der Waals surface area contributed by atoms with Crippen molar-refractivity contribution >= 4 is 29.1 Å². The minimum Gasteiger partial charge on any atom is -0.506 e. The van der Waals surface area contributed by atoms with Crippen LogP contribution in [0.3, 0.4) is 0 Å². The number of nitrogens with one attached hydrogen (secondary N) is 2. The van der Waals surface area contributed by atoms with Gasteiger partial charge in [0, 0.05) is 18.5 Å². The summed E-state index contributed by atoms with van der Waals surface area (Å²) in [5.74, 6) is -1.18. The number of para-hydroxylation sites is 3. The average molecular weight is 490 g/mol. The van der Waals surface area contributed by atoms with E-state index < -0.39 is 5.91 Å². The highest BCUT2D eigenvalue weighted by atomic mass is 16.5. The molecule has 0 saturated heterocycles. The van der Waals surface area contributed by atoms with Gasteiger partial charge in [0.05, 0.1) is 18.2 Å². The number of phenolic OH excluding ortho intramolecular Hbond substituents is 1. The standard InChI is InChI=1S/C28H31N3O5/c1-20(28(35)29-23-9-3-2-4-10-23)22-17-15-21(16-18-22)19-31(24-11-5-6-12-25(24)32)27(34)14-8-7-13-26(33)30-36/h2-6,9-12,15-18,20,32,36H,7-8,13-14,19H2,1H3,(H,29,35)(H,30,33). The van der Waals surface area contributed by atoms with Gasteiger partial charge in [-0.25, -0.2) is 5.48 Å². The predicted octanol–water partition coefficient (Wildman–Crippen LogP) is 4.73. The molecule has 0 heterocycles. The van der Waals surface area contributed by atoms with E-state index in [-0.39, 0.29) is 42.9 Å². The molecule has 1 unspecified atom stereocenters. The first-order valence-electron chi connectivity index (χ1n) is 11.8. The molecule has 4 N–H and O–H groups in total. The van der Waals surface area contributed by atoms with Gasteiger partial charge in [0.25, 0.3) is 0 Å². The van der Waals surface area contributed by atoms with Crippen molar-refractivity contribution < 1.29 is 24.7 Å². The molecule has 188 valence electrons. The van der Waals surface area contributed by atoms with Crippen molar-refractivity contribution in [3.8, 4) is 5.75 Å². The number of rotatable bonds is 11. The Morgan fingerprint density at radius 2 is 1.50 bits per heavy atom. The highest BCUT2D eigenvalue weighted by Gasteiger charge is 2.20. The molecule has 8 heteroatoms. The average Bonchev–Trinajstić information content (AvgIpc) is 2.90. The van der Waals surface area contributed by atoms with Gasteiger partial charge in [-0.15, -0.1) is 0 Å². The maximum Gasteiger partial charge on any atom is 0.243 e. The molecule has 3 aromatic carbocycles. The Morgan fingerprint density at radius 3 is 2.17 bits per heavy atom. The molecule has 0 aliphatic rings. The summed E-state index contributed by atoms with van der Waals surface area (Å²) in [6.45, 7) is 2.07. The summed E-state index contributed by atoms with van der Waals surface area (Å²) < 4.78 is 0. The number of benzene rings is 3. The molecule has 0 aromatic heterocycles. The number of carbonyl (C=O) groups excluding carboxylic acids is 3. The Balaban J connectivity index is 1.68. The molecule has 0 radical (unpaired) electrons. The molecule has 3 amide bonds. The molecule has 8 nitrogen and oxygen atoms in total. The summed E-state index contributed by atoms with van der Waals surface area (Å²) in [4.78, 5) is 38.4. The van der Waals surface area contributed by atoms with E-state index in [0.29, 0.717) is 18.5 Å². The predicted molar refractivity (Wildman–Crippen MR) is 138 cm³/mol. The summed E-state index contributed by atoms with van der Waals surface area (Å²) in [7, 11) is 0. The minimum atomic E-state index is -0.494. The van der Waals surface area contributed by atoms with E-state index in [9.17, 15) is 19.5 Å². The highest BCUT2D eigenvalue weighted by molar-refractivity contribution is 5.96. The lowest BCUT2D eigenvalue weighted by molar-refractivity contribution is -0.129. The third-order valence-electron chi connectivity index (χ3n) is 5.90. The number of hydrogen-bond acceptors (Lipinski definition) is 5. The minimum absolute atomic E-state index is 0.00617. The zero-order valence-electron chi connectivity index (χ0n) is 20.2. The van der Waals surface area contributed by atoms with Gasteiger partial charge < -0.3 is 15.3 Å². The van der Waals surface area contributed by atoms with Crippen molar-refractivity contribution in [1.29, 1.82) is 0 Å². The molecule has 3 rings (SSSR count). The van der Waals surface area contributed by atoms with Gasteiger partial charge in [-0.05, 0) is 55.2 Å². The van der Waals surface area contributed by atoms with Crippen molar-refractivity contribution in [2.45, 2.75) is 45.1 Å². The molecular weight excluding hydrogens is 458 g/mol. The number of hydroxylamine groups is 1. The molecule has 1 atom stereocenters. The summed E-state index contributed by atoms with van der Waals surface area (Å²) in [5.41, 5.74) is 4.40. The molecule has 0 aliphatic carbocycles. The van der Waals surface area contributed by atoms with E-state index in [1.54, 1.807) is 23.7 Å². The van der Waals surface area contributed by atoms with Gasteiger partial charge in [-0.1, -0.05) is 54.6 Å². The van der Waals surface area contributed by atoms with Crippen LogP contribution in [0.15, 0.2) is 78.9 Å². The molecule has 0 bridgehead atoms. The van der Waals surface area contributed by atoms with E-state index in [0.717, 1.165) is 16.8 Å². The largest absolute Gasteiger partial charge is 0.506 e. The topological polar surface area (TPSA) is 119 Å². The Hall–Kier alpha value is -4.17. The molecular formula is C28H31N3O5. The van der Waals surface area contributed by atoms with Crippen LogP contribution in [0.4, 0.5) is 11.4 Å². The van der Waals surface area contributed by atoms with Gasteiger partial charge in [0.15, 0.2) is 0 Å². The third-order valence-corrected chi connectivity index (χ3v) is 5.90. The number of anilines is 2. The Labute approximate surface area is 210 Å². The van der Waals surface area contributed by atoms with Crippen molar-refractivity contribution in [1.82, 2.24) is 5.48 Å². The van der Waals surface area contributed by atoms with E-state index in [2.05, 4.69) is 5.32 Å². The SMILES string of the molecule is CC(C(=O)Nc1ccccc1)c1ccc(CN(C(=O)CCCCC(=O)NO)c2ccccc2O)cc1. The van der Waals surface area contributed by atoms with Crippen LogP contribution in [0.25, 0.3) is 0 Å². The first-order chi connectivity index (χ1) is 17.4. The quantitative estimate of drug-likeness (QED) is 0.176. The number of nitrogens with zero attached hydrogens (tertiary/aromatic N) is 1. The lowest BCUT2D eigenvalue weighted by Crippen LogP contribution is -2.30. The Kier molecular flexibility index (Phi) is 9.59. The third kappa shape index (κ3) is 7.41. The van der Waals surface area contributed by atoms with E-state index in [1.807, 2.05) is 61.5 Å². The summed E-state index contributed by atoms with van der Waals surface area (Å²) >= 11 is 0. The normalized spacial score (nSPS) is 11.4. The fraction of sp³-hybridized carbons (Fsp3) is 0.250. The summed E-state index contributed by atoms with van der Waals surface area (Å²) in [5, 5.41) is 21.9. The number of unbranched alkanes of at least 4 members (excludes halogenated alkanes) is 1. The van der Waals surface area contributed by atoms with E-state index >= 15 is 0 Å². The maximum atomic E-state index is 13.1. The van der Waals surface area contributed by atoms with Crippen LogP contribution >= 0.6 is 0 Å². The van der Waals surface area contributed by atoms with Crippen LogP contribution in [0.1, 0.15) is 49.7 Å². The lowest BCUT2D eigenvalue weighted by Gasteiger charge is -2.24. The van der Waals surface area contributed by atoms with Crippen LogP contribution in [-0.4, -0.2) is 28.0 Å². The molecule has 36 heavy (non-hydrogen) atoms. The smallest absolute Gasteiger partial charge is 0.243 e. The molecule has 0 fully saturated rings. The van der Waals surface area contributed by atoms with Crippen LogP contribution in [0.2, 0.25) is 0 Å². The maximum absolute atomic E-state index is 13.1. The summed E-state index contributed by atoms with van der Waals surface area (Å²) in [6, 6.07) is 23.4. The van der Waals surface area contributed by atoms with Gasteiger partial charge in [0.2, 0.25) is 17.7 Å². The molecule has 0 spiro atoms. The van der Waals surface area contributed by atoms with Crippen LogP contribution < -0.4 is 15.7 Å². The van der Waals surface area contributed by atoms with Gasteiger partial charge in [-0.3, -0.25) is 19.6 Å². The van der Waals surface area contributed by atoms with Crippen LogP contribution in [-0.2, 0) is 20.9 Å². The fourth-order valence-electron chi connectivity index (χ4n) is 3.77. The molecule has 0 aliphatic heterocycles. The second-order valence-corrected chi connectivity index (χ2v) is 8.53. The van der Waals surface area contributed by atoms with Gasteiger partial charge in [0.1, 0.15) is 5.75 Å². The lowest BCUT2D eigenvalue weighted by atomic mass is 9.98. The second-order valence-electron chi connectivity index (χ2n) is 8.53. The zero-order chi connectivity index (χ0) is 25.9. The summed E-state index contributed by atoms with van der Waals surface area (Å²) in [6.07, 6.45) is 1.22. The zero-order valence-corrected chi connectivity index (χ0v) is 20.2. The van der Waals surface area contributed by atoms with Crippen molar-refractivity contribution in [3.05, 3.63) is 90.0 Å². The molecule has 0 saturated carbocycles. The van der Waals surface area contributed by atoms with E-state index in [4.69, 9.17) is 5.21 Å². The van der Waals surface area contributed by atoms with Crippen LogP contribution in [0, 0.1) is 0 Å². The monoisotopic (exact) mass is 489 g/mol. The van der Waals surface area contributed by atoms with Crippen molar-refractivity contribution in [2.24, 2.45) is 0 Å². The second kappa shape index (κ2) is 13.1. The van der Waals surface area contributed by atoms with Crippen LogP contribution in [0.5, 0.6) is 5.75 Å². The van der Waals surface area contributed by atoms with Crippen molar-refractivity contribution in [3.63, 3.8) is 0 Å². The first-order valence-corrected chi connectivity index (χ1v) is 11.8. The van der Waals surface area contributed by atoms with Crippen molar-refractivity contribution in [2.75, 3.05) is 10.2 Å². The fourth-order valence-corrected chi connectivity index (χ4v) is 3.77.